The minimum absolute atomic E-state index is 0.775. The van der Waals surface area contributed by atoms with Crippen LogP contribution in [0, 0.1) is 6.92 Å². The summed E-state index contributed by atoms with van der Waals surface area (Å²) in [4.78, 5) is 10.6. The van der Waals surface area contributed by atoms with Crippen molar-refractivity contribution < 1.29 is 0 Å². The molecule has 0 atom stereocenters. The summed E-state index contributed by atoms with van der Waals surface area (Å²) in [5.41, 5.74) is 1.10. The van der Waals surface area contributed by atoms with Gasteiger partial charge in [-0.15, -0.1) is 0 Å². The van der Waals surface area contributed by atoms with Crippen LogP contribution in [0.2, 0.25) is 0 Å². The van der Waals surface area contributed by atoms with Crippen molar-refractivity contribution in [1.29, 1.82) is 0 Å². The van der Waals surface area contributed by atoms with Crippen molar-refractivity contribution in [3.05, 3.63) is 18.0 Å². The van der Waals surface area contributed by atoms with E-state index >= 15 is 0 Å². The van der Waals surface area contributed by atoms with Crippen molar-refractivity contribution in [2.75, 3.05) is 25.0 Å². The summed E-state index contributed by atoms with van der Waals surface area (Å²) in [6.07, 6.45) is 6.38. The van der Waals surface area contributed by atoms with E-state index in [9.17, 15) is 0 Å². The van der Waals surface area contributed by atoms with E-state index < -0.39 is 0 Å². The molecule has 1 aliphatic rings. The maximum atomic E-state index is 4.28. The maximum Gasteiger partial charge on any atom is 0.225 e. The molecule has 2 rings (SSSR count). The first-order valence-corrected chi connectivity index (χ1v) is 5.49. The van der Waals surface area contributed by atoms with Crippen molar-refractivity contribution >= 4 is 5.95 Å². The Hall–Kier alpha value is -1.16. The predicted molar refractivity (Wildman–Crippen MR) is 61.1 cm³/mol. The summed E-state index contributed by atoms with van der Waals surface area (Å²) in [6.45, 7) is 3.97. The molecule has 0 unspecified atom stereocenters. The summed E-state index contributed by atoms with van der Waals surface area (Å²) in [5, 5.41) is 3.47. The van der Waals surface area contributed by atoms with Gasteiger partial charge >= 0.3 is 0 Å². The van der Waals surface area contributed by atoms with E-state index in [1.807, 2.05) is 26.4 Å². The van der Waals surface area contributed by atoms with E-state index in [4.69, 9.17) is 0 Å². The second-order valence-corrected chi connectivity index (χ2v) is 4.21. The van der Waals surface area contributed by atoms with E-state index in [2.05, 4.69) is 20.2 Å². The van der Waals surface area contributed by atoms with Gasteiger partial charge in [-0.25, -0.2) is 9.97 Å². The quantitative estimate of drug-likeness (QED) is 0.779. The summed E-state index contributed by atoms with van der Waals surface area (Å²) in [6, 6.07) is 0.775. The normalized spacial score (nSPS) is 15.3. The molecule has 1 aliphatic carbocycles. The first kappa shape index (κ1) is 10.4. The van der Waals surface area contributed by atoms with Crippen molar-refractivity contribution in [3.63, 3.8) is 0 Å². The Morgan fingerprint density at radius 1 is 1.40 bits per heavy atom. The molecule has 0 saturated heterocycles. The van der Waals surface area contributed by atoms with Gasteiger partial charge in [0.25, 0.3) is 0 Å². The topological polar surface area (TPSA) is 41.1 Å². The Labute approximate surface area is 90.7 Å². The summed E-state index contributed by atoms with van der Waals surface area (Å²) < 4.78 is 0. The van der Waals surface area contributed by atoms with E-state index in [1.54, 1.807) is 0 Å². The molecule has 82 valence electrons. The van der Waals surface area contributed by atoms with Gasteiger partial charge in [0.15, 0.2) is 0 Å². The molecule has 1 fully saturated rings. The van der Waals surface area contributed by atoms with Gasteiger partial charge in [-0.2, -0.15) is 0 Å². The summed E-state index contributed by atoms with van der Waals surface area (Å²) in [7, 11) is 2.03. The molecule has 0 aromatic carbocycles. The van der Waals surface area contributed by atoms with Crippen molar-refractivity contribution in [2.24, 2.45) is 0 Å². The van der Waals surface area contributed by atoms with Crippen molar-refractivity contribution in [3.8, 4) is 0 Å². The molecule has 0 amide bonds. The SMILES string of the molecule is Cc1cnc(N(C)CCNC2CC2)nc1. The Balaban J connectivity index is 1.78. The van der Waals surface area contributed by atoms with Crippen molar-refractivity contribution in [1.82, 2.24) is 15.3 Å². The molecule has 0 spiro atoms. The van der Waals surface area contributed by atoms with Crippen LogP contribution >= 0.6 is 0 Å². The van der Waals surface area contributed by atoms with Gasteiger partial charge in [-0.1, -0.05) is 0 Å². The lowest BCUT2D eigenvalue weighted by Crippen LogP contribution is -2.31. The van der Waals surface area contributed by atoms with E-state index in [-0.39, 0.29) is 0 Å². The zero-order valence-electron chi connectivity index (χ0n) is 9.40. The first-order chi connectivity index (χ1) is 7.25. The lowest BCUT2D eigenvalue weighted by molar-refractivity contribution is 0.669. The number of aromatic nitrogens is 2. The number of hydrogen-bond acceptors (Lipinski definition) is 4. The third-order valence-electron chi connectivity index (χ3n) is 2.57. The highest BCUT2D eigenvalue weighted by Crippen LogP contribution is 2.18. The number of aryl methyl sites for hydroxylation is 1. The maximum absolute atomic E-state index is 4.28. The lowest BCUT2D eigenvalue weighted by atomic mass is 10.4. The highest BCUT2D eigenvalue weighted by molar-refractivity contribution is 5.27. The van der Waals surface area contributed by atoms with Crippen LogP contribution in [0.1, 0.15) is 18.4 Å². The molecular formula is C11H18N4. The molecule has 0 aliphatic heterocycles. The Morgan fingerprint density at radius 3 is 2.67 bits per heavy atom. The molecule has 1 N–H and O–H groups in total. The van der Waals surface area contributed by atoms with E-state index in [1.165, 1.54) is 12.8 Å². The molecule has 15 heavy (non-hydrogen) atoms. The Morgan fingerprint density at radius 2 is 2.07 bits per heavy atom. The average molecular weight is 206 g/mol. The standard InChI is InChI=1S/C11H18N4/c1-9-7-13-11(14-8-9)15(2)6-5-12-10-3-4-10/h7-8,10,12H,3-6H2,1-2H3. The number of likely N-dealkylation sites (N-methyl/N-ethyl adjacent to an activating group) is 1. The molecule has 1 saturated carbocycles. The molecule has 1 aromatic rings. The molecule has 1 aromatic heterocycles. The zero-order valence-corrected chi connectivity index (χ0v) is 9.40. The number of anilines is 1. The molecule has 0 bridgehead atoms. The number of hydrogen-bond donors (Lipinski definition) is 1. The van der Waals surface area contributed by atoms with Crippen LogP contribution in [0.25, 0.3) is 0 Å². The van der Waals surface area contributed by atoms with Gasteiger partial charge in [0.2, 0.25) is 5.95 Å². The summed E-state index contributed by atoms with van der Waals surface area (Å²) in [5.74, 6) is 0.804. The molecule has 1 heterocycles. The van der Waals surface area contributed by atoms with Gasteiger partial charge in [0, 0.05) is 38.6 Å². The van der Waals surface area contributed by atoms with Gasteiger partial charge in [-0.3, -0.25) is 0 Å². The van der Waals surface area contributed by atoms with Gasteiger partial charge in [0.1, 0.15) is 0 Å². The third-order valence-corrected chi connectivity index (χ3v) is 2.57. The highest BCUT2D eigenvalue weighted by atomic mass is 15.2. The molecule has 4 heteroatoms. The zero-order chi connectivity index (χ0) is 10.7. The van der Waals surface area contributed by atoms with Crippen LogP contribution in [0.15, 0.2) is 12.4 Å². The summed E-state index contributed by atoms with van der Waals surface area (Å²) >= 11 is 0. The number of nitrogens with zero attached hydrogens (tertiary/aromatic N) is 3. The van der Waals surface area contributed by atoms with Crippen LogP contribution in [-0.2, 0) is 0 Å². The minimum Gasteiger partial charge on any atom is -0.343 e. The fraction of sp³-hybridized carbons (Fsp3) is 0.636. The van der Waals surface area contributed by atoms with Crippen LogP contribution in [0.4, 0.5) is 5.95 Å². The van der Waals surface area contributed by atoms with Gasteiger partial charge < -0.3 is 10.2 Å². The van der Waals surface area contributed by atoms with Crippen molar-refractivity contribution in [2.45, 2.75) is 25.8 Å². The highest BCUT2D eigenvalue weighted by Gasteiger charge is 2.19. The molecule has 4 nitrogen and oxygen atoms in total. The Bertz CT molecular complexity index is 305. The Kier molecular flexibility index (Phi) is 3.16. The fourth-order valence-electron chi connectivity index (χ4n) is 1.41. The van der Waals surface area contributed by atoms with Crippen LogP contribution in [0.3, 0.4) is 0 Å². The lowest BCUT2D eigenvalue weighted by Gasteiger charge is -2.16. The van der Waals surface area contributed by atoms with Crippen LogP contribution in [0.5, 0.6) is 0 Å². The fourth-order valence-corrected chi connectivity index (χ4v) is 1.41. The smallest absolute Gasteiger partial charge is 0.225 e. The van der Waals surface area contributed by atoms with E-state index in [0.717, 1.165) is 30.6 Å². The molecule has 0 radical (unpaired) electrons. The van der Waals surface area contributed by atoms with Gasteiger partial charge in [-0.05, 0) is 25.3 Å². The number of nitrogens with one attached hydrogen (secondary N) is 1. The van der Waals surface area contributed by atoms with Crippen LogP contribution in [-0.4, -0.2) is 36.1 Å². The average Bonchev–Trinajstić information content (AvgIpc) is 3.02. The monoisotopic (exact) mass is 206 g/mol. The third kappa shape index (κ3) is 3.16. The second-order valence-electron chi connectivity index (χ2n) is 4.21. The van der Waals surface area contributed by atoms with Crippen LogP contribution < -0.4 is 10.2 Å². The second kappa shape index (κ2) is 4.57. The molecular weight excluding hydrogens is 188 g/mol. The predicted octanol–water partition coefficient (Wildman–Crippen LogP) is 0.973. The van der Waals surface area contributed by atoms with E-state index in [0.29, 0.717) is 0 Å². The first-order valence-electron chi connectivity index (χ1n) is 5.49. The van der Waals surface area contributed by atoms with Gasteiger partial charge in [0.05, 0.1) is 0 Å². The number of rotatable bonds is 5. The minimum atomic E-state index is 0.775. The largest absolute Gasteiger partial charge is 0.343 e.